The predicted octanol–water partition coefficient (Wildman–Crippen LogP) is 5.77. The number of aromatic nitrogens is 3. The number of carboxylic acids is 2. The largest absolute Gasteiger partial charge is 0.490 e. The topological polar surface area (TPSA) is 161 Å². The second kappa shape index (κ2) is 15.7. The van der Waals surface area contributed by atoms with Crippen molar-refractivity contribution in [2.24, 2.45) is 0 Å². The van der Waals surface area contributed by atoms with E-state index >= 15 is 4.39 Å². The highest BCUT2D eigenvalue weighted by Crippen LogP contribution is 2.41. The van der Waals surface area contributed by atoms with Gasteiger partial charge in [-0.1, -0.05) is 41.9 Å². The van der Waals surface area contributed by atoms with Gasteiger partial charge in [-0.15, -0.1) is 0 Å². The number of nitrogens with zero attached hydrogens (tertiary/aromatic N) is 5. The molecule has 4 aliphatic heterocycles. The van der Waals surface area contributed by atoms with Crippen LogP contribution in [0, 0.1) is 5.82 Å². The number of halogens is 9. The Balaban J connectivity index is 0.000000326. The Bertz CT molecular complexity index is 2100. The molecule has 2 aromatic heterocycles. The molecule has 4 saturated heterocycles. The van der Waals surface area contributed by atoms with Gasteiger partial charge in [-0.05, 0) is 37.3 Å². The molecule has 4 aliphatic rings. The number of aliphatic carboxylic acids is 2. The molecule has 8 rings (SSSR count). The number of carboxylic acid groups (broad SMARTS) is 2. The fourth-order valence-electron chi connectivity index (χ4n) is 7.65. The molecule has 4 aromatic rings. The highest BCUT2D eigenvalue weighted by Gasteiger charge is 2.49. The minimum absolute atomic E-state index is 0.0551. The third-order valence-electron chi connectivity index (χ3n) is 10.1. The number of rotatable bonds is 5. The van der Waals surface area contributed by atoms with Gasteiger partial charge in [0.1, 0.15) is 29.8 Å². The number of benzene rings is 2. The molecule has 6 heterocycles. The Morgan fingerprint density at radius 3 is 2.30 bits per heavy atom. The third-order valence-corrected chi connectivity index (χ3v) is 10.4. The molecule has 0 spiro atoms. The average Bonchev–Trinajstić information content (AvgIpc) is 3.74. The van der Waals surface area contributed by atoms with Crippen LogP contribution in [-0.4, -0.2) is 122 Å². The van der Waals surface area contributed by atoms with Gasteiger partial charge < -0.3 is 30.3 Å². The number of ether oxygens (including phenoxy) is 1. The van der Waals surface area contributed by atoms with E-state index in [-0.39, 0.29) is 35.9 Å². The summed E-state index contributed by atoms with van der Waals surface area (Å²) in [7, 11) is 0. The molecule has 21 heteroatoms. The number of hydrogen-bond donors (Lipinski definition) is 4. The quantitative estimate of drug-likeness (QED) is 0.180. The first-order chi connectivity index (χ1) is 26.3. The van der Waals surface area contributed by atoms with E-state index in [4.69, 9.17) is 41.1 Å². The first kappa shape index (κ1) is 41.0. The number of aliphatic hydroxyl groups is 1. The fourth-order valence-corrected chi connectivity index (χ4v) is 7.93. The normalized spacial score (nSPS) is 24.6. The molecular formula is C35H33ClF8N6O6. The van der Waals surface area contributed by atoms with E-state index in [2.05, 4.69) is 25.1 Å². The summed E-state index contributed by atoms with van der Waals surface area (Å²) >= 11 is 6.58. The first-order valence-corrected chi connectivity index (χ1v) is 17.5. The SMILES string of the molecule is O=C(O)C(F)(F)F.O=C(O)C(F)(F)F.O[C@@H]1C[C@@H]2CN(c3nc(OCC45CCCN4CC(F)C5)nc4c(F)c(-c5cccc6cccc(Cl)c56)ncc34)C[C@H]1N2. The lowest BCUT2D eigenvalue weighted by atomic mass is 9.95. The second-order valence-corrected chi connectivity index (χ2v) is 14.2. The molecule has 0 aliphatic carbocycles. The van der Waals surface area contributed by atoms with Crippen LogP contribution in [0.15, 0.2) is 42.6 Å². The zero-order chi connectivity index (χ0) is 40.7. The summed E-state index contributed by atoms with van der Waals surface area (Å²) in [5, 5.41) is 30.8. The van der Waals surface area contributed by atoms with Crippen LogP contribution in [0.2, 0.25) is 5.02 Å². The molecule has 4 N–H and O–H groups in total. The van der Waals surface area contributed by atoms with E-state index in [9.17, 15) is 35.8 Å². The zero-order valence-corrected chi connectivity index (χ0v) is 29.7. The van der Waals surface area contributed by atoms with Crippen LogP contribution in [0.3, 0.4) is 0 Å². The van der Waals surface area contributed by atoms with Gasteiger partial charge in [-0.3, -0.25) is 9.88 Å². The monoisotopic (exact) mass is 820 g/mol. The number of pyridine rings is 1. The van der Waals surface area contributed by atoms with Crippen molar-refractivity contribution in [3.05, 3.63) is 53.4 Å². The highest BCUT2D eigenvalue weighted by molar-refractivity contribution is 6.36. The lowest BCUT2D eigenvalue weighted by molar-refractivity contribution is -0.193. The van der Waals surface area contributed by atoms with Gasteiger partial charge >= 0.3 is 30.3 Å². The average molecular weight is 821 g/mol. The van der Waals surface area contributed by atoms with Gasteiger partial charge in [-0.2, -0.15) is 36.3 Å². The molecule has 2 unspecified atom stereocenters. The minimum Gasteiger partial charge on any atom is -0.475 e. The van der Waals surface area contributed by atoms with Crippen molar-refractivity contribution in [2.75, 3.05) is 37.7 Å². The Kier molecular flexibility index (Phi) is 11.5. The highest BCUT2D eigenvalue weighted by atomic mass is 35.5. The van der Waals surface area contributed by atoms with Crippen LogP contribution in [-0.2, 0) is 9.59 Å². The molecule has 0 amide bonds. The van der Waals surface area contributed by atoms with Crippen molar-refractivity contribution >= 4 is 51.0 Å². The second-order valence-electron chi connectivity index (χ2n) is 13.8. The fraction of sp³-hybridized carbons (Fsp3) is 0.457. The number of anilines is 1. The number of fused-ring (bicyclic) bond motifs is 5. The lowest BCUT2D eigenvalue weighted by Gasteiger charge is -2.34. The number of piperazine rings is 1. The van der Waals surface area contributed by atoms with E-state index in [1.54, 1.807) is 12.3 Å². The van der Waals surface area contributed by atoms with Crippen LogP contribution in [0.25, 0.3) is 32.9 Å². The molecule has 302 valence electrons. The molecule has 0 saturated carbocycles. The third kappa shape index (κ3) is 8.52. The van der Waals surface area contributed by atoms with Gasteiger partial charge in [0.05, 0.1) is 23.1 Å². The van der Waals surface area contributed by atoms with Gasteiger partial charge in [-0.25, -0.2) is 18.4 Å². The molecular weight excluding hydrogens is 788 g/mol. The summed E-state index contributed by atoms with van der Waals surface area (Å²) in [5.41, 5.74) is 0.428. The van der Waals surface area contributed by atoms with Crippen LogP contribution in [0.4, 0.5) is 40.9 Å². The van der Waals surface area contributed by atoms with Crippen molar-refractivity contribution in [2.45, 2.75) is 67.9 Å². The van der Waals surface area contributed by atoms with Crippen molar-refractivity contribution in [3.63, 3.8) is 0 Å². The lowest BCUT2D eigenvalue weighted by Crippen LogP contribution is -2.53. The summed E-state index contributed by atoms with van der Waals surface area (Å²) < 4.78 is 101. The number of carbonyl (C=O) groups is 2. The van der Waals surface area contributed by atoms with Gasteiger partial charge in [0, 0.05) is 54.3 Å². The summed E-state index contributed by atoms with van der Waals surface area (Å²) in [5.74, 6) is -5.58. The van der Waals surface area contributed by atoms with Crippen LogP contribution in [0.1, 0.15) is 25.7 Å². The number of hydrogen-bond acceptors (Lipinski definition) is 10. The molecule has 2 bridgehead atoms. The Morgan fingerprint density at radius 1 is 1.00 bits per heavy atom. The predicted molar refractivity (Wildman–Crippen MR) is 185 cm³/mol. The van der Waals surface area contributed by atoms with Crippen molar-refractivity contribution < 1.29 is 64.8 Å². The van der Waals surface area contributed by atoms with Crippen molar-refractivity contribution in [1.29, 1.82) is 0 Å². The Hall–Kier alpha value is -4.66. The zero-order valence-electron chi connectivity index (χ0n) is 28.9. The van der Waals surface area contributed by atoms with Crippen molar-refractivity contribution in [1.82, 2.24) is 25.2 Å². The summed E-state index contributed by atoms with van der Waals surface area (Å²) in [6.45, 7) is 2.60. The number of aliphatic hydroxyl groups excluding tert-OH is 1. The van der Waals surface area contributed by atoms with E-state index in [0.29, 0.717) is 59.7 Å². The number of nitrogens with one attached hydrogen (secondary N) is 1. The molecule has 12 nitrogen and oxygen atoms in total. The smallest absolute Gasteiger partial charge is 0.475 e. The van der Waals surface area contributed by atoms with Crippen molar-refractivity contribution in [3.8, 4) is 17.3 Å². The molecule has 5 atom stereocenters. The van der Waals surface area contributed by atoms with Crippen LogP contribution in [0.5, 0.6) is 6.01 Å². The molecule has 56 heavy (non-hydrogen) atoms. The summed E-state index contributed by atoms with van der Waals surface area (Å²) in [6.07, 6.45) is -7.00. The van der Waals surface area contributed by atoms with E-state index in [1.807, 2.05) is 30.3 Å². The van der Waals surface area contributed by atoms with Gasteiger partial charge in [0.15, 0.2) is 5.82 Å². The maximum absolute atomic E-state index is 16.6. The Labute approximate surface area is 317 Å². The number of alkyl halides is 7. The van der Waals surface area contributed by atoms with Gasteiger partial charge in [0.25, 0.3) is 0 Å². The van der Waals surface area contributed by atoms with E-state index < -0.39 is 47.9 Å². The minimum atomic E-state index is -5.08. The first-order valence-electron chi connectivity index (χ1n) is 17.1. The van der Waals surface area contributed by atoms with E-state index in [0.717, 1.165) is 24.8 Å². The molecule has 2 aromatic carbocycles. The van der Waals surface area contributed by atoms with Crippen LogP contribution < -0.4 is 15.0 Å². The summed E-state index contributed by atoms with van der Waals surface area (Å²) in [4.78, 5) is 36.0. The van der Waals surface area contributed by atoms with E-state index in [1.165, 1.54) is 0 Å². The standard InChI is InChI=1S/C31H31ClF2N6O2.2C2HF3O2/c32-22-7-2-5-17-4-1-6-20(25(17)22)27-26(34)28-21(12-35-27)29(39-14-19-10-24(41)23(15-39)36-19)38-30(37-28)42-16-31-8-3-9-40(31)13-18(33)11-31;2*3-2(4,5)1(6)7/h1-2,4-7,12,18-19,23-24,36,41H,3,8-11,13-16H2;2*(H,6,7)/t18?,19-,23-,24-,31?;;/m1../s1. The van der Waals surface area contributed by atoms with Crippen LogP contribution >= 0.6 is 11.6 Å². The molecule has 0 radical (unpaired) electrons. The Morgan fingerprint density at radius 2 is 1.66 bits per heavy atom. The van der Waals surface area contributed by atoms with Gasteiger partial charge in [0.2, 0.25) is 0 Å². The summed E-state index contributed by atoms with van der Waals surface area (Å²) in [6, 6.07) is 11.2. The maximum atomic E-state index is 16.6. The molecule has 4 fully saturated rings. The maximum Gasteiger partial charge on any atom is 0.490 e.